The predicted octanol–water partition coefficient (Wildman–Crippen LogP) is 12.6. The van der Waals surface area contributed by atoms with Crippen LogP contribution in [0.5, 0.6) is 0 Å². The van der Waals surface area contributed by atoms with Gasteiger partial charge in [-0.15, -0.1) is 0 Å². The fourth-order valence-electron chi connectivity index (χ4n) is 8.68. The van der Waals surface area contributed by atoms with Crippen LogP contribution in [0.2, 0.25) is 0 Å². The zero-order valence-electron chi connectivity index (χ0n) is 41.1. The van der Waals surface area contributed by atoms with E-state index in [0.29, 0.717) is 6.42 Å². The maximum absolute atomic E-state index is 13.0. The molecule has 1 saturated heterocycles. The normalized spacial score (nSPS) is 20.3. The molecule has 1 fully saturated rings. The summed E-state index contributed by atoms with van der Waals surface area (Å²) in [5, 5.41) is 54.3. The summed E-state index contributed by atoms with van der Waals surface area (Å²) in [6.07, 6.45) is 48.1. The van der Waals surface area contributed by atoms with E-state index >= 15 is 0 Å². The summed E-state index contributed by atoms with van der Waals surface area (Å²) in [6.45, 7) is 3.79. The third-order valence-electron chi connectivity index (χ3n) is 13.0. The largest absolute Gasteiger partial charge is 0.394 e. The molecular formula is C54H103NO8. The van der Waals surface area contributed by atoms with Crippen molar-refractivity contribution in [2.45, 2.75) is 301 Å². The lowest BCUT2D eigenvalue weighted by Gasteiger charge is -2.40. The van der Waals surface area contributed by atoms with Crippen LogP contribution in [0, 0.1) is 0 Å². The number of aliphatic hydroxyl groups excluding tert-OH is 5. The van der Waals surface area contributed by atoms with E-state index in [-0.39, 0.29) is 12.5 Å². The van der Waals surface area contributed by atoms with Gasteiger partial charge in [0.1, 0.15) is 24.4 Å². The minimum Gasteiger partial charge on any atom is -0.394 e. The Morgan fingerprint density at radius 2 is 0.889 bits per heavy atom. The second kappa shape index (κ2) is 44.5. The third-order valence-corrected chi connectivity index (χ3v) is 13.0. The van der Waals surface area contributed by atoms with Crippen LogP contribution in [0.3, 0.4) is 0 Å². The highest BCUT2D eigenvalue weighted by Gasteiger charge is 2.44. The molecule has 7 unspecified atom stereocenters. The monoisotopic (exact) mass is 894 g/mol. The molecule has 9 heteroatoms. The zero-order valence-corrected chi connectivity index (χ0v) is 41.1. The molecule has 0 aromatic rings. The molecular weight excluding hydrogens is 791 g/mol. The number of rotatable bonds is 46. The molecule has 0 bridgehead atoms. The van der Waals surface area contributed by atoms with Gasteiger partial charge in [-0.1, -0.05) is 231 Å². The smallest absolute Gasteiger partial charge is 0.220 e. The van der Waals surface area contributed by atoms with E-state index < -0.39 is 49.5 Å². The SMILES string of the molecule is CCCCCCCCCC/C=C\CCCCCCCCCCCCCCCCCC(=O)NC(COC1OC(CO)C(O)C(O)C1O)C(O)/C=C/CCCCCCCCCCCCC. The number of unbranched alkanes of at least 4 members (excludes halogenated alkanes) is 34. The Morgan fingerprint density at radius 3 is 1.29 bits per heavy atom. The van der Waals surface area contributed by atoms with E-state index in [1.165, 1.54) is 199 Å². The van der Waals surface area contributed by atoms with Gasteiger partial charge in [0.2, 0.25) is 5.91 Å². The molecule has 1 aliphatic rings. The predicted molar refractivity (Wildman–Crippen MR) is 263 cm³/mol. The molecule has 6 N–H and O–H groups in total. The molecule has 0 radical (unpaired) electrons. The van der Waals surface area contributed by atoms with Crippen LogP contribution in [-0.2, 0) is 14.3 Å². The highest BCUT2D eigenvalue weighted by atomic mass is 16.7. The molecule has 0 aromatic carbocycles. The van der Waals surface area contributed by atoms with Crippen molar-refractivity contribution < 1.29 is 39.8 Å². The van der Waals surface area contributed by atoms with Crippen molar-refractivity contribution in [1.82, 2.24) is 5.32 Å². The van der Waals surface area contributed by atoms with E-state index in [4.69, 9.17) is 9.47 Å². The standard InChI is InChI=1S/C54H103NO8/c1-3-5-7-9-11-13-15-17-18-19-20-21-22-23-24-25-26-27-28-29-30-32-34-36-38-40-42-44-50(58)55-47(46-62-54-53(61)52(60)51(59)49(45-56)63-54)48(57)43-41-39-37-35-33-31-16-14-12-10-8-6-4-2/h19-20,41,43,47-49,51-54,56-57,59-61H,3-18,21-40,42,44-46H2,1-2H3,(H,55,58)/b20-19-,43-41+. The van der Waals surface area contributed by atoms with Gasteiger partial charge in [-0.2, -0.15) is 0 Å². The minimum atomic E-state index is -1.56. The minimum absolute atomic E-state index is 0.174. The van der Waals surface area contributed by atoms with Crippen LogP contribution in [0.25, 0.3) is 0 Å². The van der Waals surface area contributed by atoms with Gasteiger partial charge >= 0.3 is 0 Å². The molecule has 372 valence electrons. The van der Waals surface area contributed by atoms with Gasteiger partial charge in [-0.25, -0.2) is 0 Å². The van der Waals surface area contributed by atoms with Crippen molar-refractivity contribution >= 4 is 5.91 Å². The summed E-state index contributed by atoms with van der Waals surface area (Å²) in [5.74, 6) is -0.174. The first-order valence-corrected chi connectivity index (χ1v) is 27.1. The Bertz CT molecular complexity index is 1040. The zero-order chi connectivity index (χ0) is 45.9. The summed E-state index contributed by atoms with van der Waals surface area (Å²) in [4.78, 5) is 13.0. The Morgan fingerprint density at radius 1 is 0.524 bits per heavy atom. The summed E-state index contributed by atoms with van der Waals surface area (Å²) in [6, 6.07) is -0.801. The number of aliphatic hydroxyl groups is 5. The number of carbonyl (C=O) groups excluding carboxylic acids is 1. The number of hydrogen-bond acceptors (Lipinski definition) is 8. The van der Waals surface area contributed by atoms with Crippen molar-refractivity contribution in [1.29, 1.82) is 0 Å². The number of ether oxygens (including phenoxy) is 2. The molecule has 0 spiro atoms. The Balaban J connectivity index is 2.18. The second-order valence-corrected chi connectivity index (χ2v) is 19.0. The first kappa shape index (κ1) is 59.7. The lowest BCUT2D eigenvalue weighted by atomic mass is 9.99. The van der Waals surface area contributed by atoms with Crippen LogP contribution in [0.4, 0.5) is 0 Å². The molecule has 0 saturated carbocycles. The summed E-state index contributed by atoms with van der Waals surface area (Å²) in [7, 11) is 0. The van der Waals surface area contributed by atoms with E-state index in [1.807, 2.05) is 6.08 Å². The summed E-state index contributed by atoms with van der Waals surface area (Å²) in [5.41, 5.74) is 0. The van der Waals surface area contributed by atoms with Crippen LogP contribution in [0.15, 0.2) is 24.3 Å². The van der Waals surface area contributed by atoms with Gasteiger partial charge in [-0.05, 0) is 44.9 Å². The maximum atomic E-state index is 13.0. The molecule has 9 nitrogen and oxygen atoms in total. The maximum Gasteiger partial charge on any atom is 0.220 e. The van der Waals surface area contributed by atoms with Crippen LogP contribution in [-0.4, -0.2) is 87.5 Å². The van der Waals surface area contributed by atoms with Gasteiger partial charge in [0, 0.05) is 6.42 Å². The third kappa shape index (κ3) is 34.6. The van der Waals surface area contributed by atoms with Crippen molar-refractivity contribution in [3.8, 4) is 0 Å². The van der Waals surface area contributed by atoms with Gasteiger partial charge in [0.25, 0.3) is 0 Å². The first-order valence-electron chi connectivity index (χ1n) is 27.1. The lowest BCUT2D eigenvalue weighted by Crippen LogP contribution is -2.60. The Kier molecular flexibility index (Phi) is 42.2. The van der Waals surface area contributed by atoms with Crippen molar-refractivity contribution in [2.75, 3.05) is 13.2 Å². The Labute approximate surface area is 388 Å². The van der Waals surface area contributed by atoms with E-state index in [1.54, 1.807) is 6.08 Å². The second-order valence-electron chi connectivity index (χ2n) is 19.0. The fraction of sp³-hybridized carbons (Fsp3) is 0.907. The van der Waals surface area contributed by atoms with Crippen molar-refractivity contribution in [3.63, 3.8) is 0 Å². The first-order chi connectivity index (χ1) is 30.8. The molecule has 1 aliphatic heterocycles. The highest BCUT2D eigenvalue weighted by molar-refractivity contribution is 5.76. The van der Waals surface area contributed by atoms with Gasteiger partial charge < -0.3 is 40.3 Å². The average molecular weight is 894 g/mol. The topological polar surface area (TPSA) is 149 Å². The molecule has 1 heterocycles. The van der Waals surface area contributed by atoms with Crippen LogP contribution >= 0.6 is 0 Å². The molecule has 0 aliphatic carbocycles. The number of amides is 1. The quantitative estimate of drug-likeness (QED) is 0.0261. The summed E-state index contributed by atoms with van der Waals surface area (Å²) >= 11 is 0. The molecule has 0 aromatic heterocycles. The number of allylic oxidation sites excluding steroid dienone is 3. The molecule has 1 rings (SSSR count). The Hall–Kier alpha value is -1.33. The average Bonchev–Trinajstić information content (AvgIpc) is 3.28. The van der Waals surface area contributed by atoms with E-state index in [9.17, 15) is 30.3 Å². The van der Waals surface area contributed by atoms with Crippen molar-refractivity contribution in [3.05, 3.63) is 24.3 Å². The van der Waals surface area contributed by atoms with E-state index in [0.717, 1.165) is 38.5 Å². The van der Waals surface area contributed by atoms with Crippen LogP contribution < -0.4 is 5.32 Å². The fourth-order valence-corrected chi connectivity index (χ4v) is 8.68. The highest BCUT2D eigenvalue weighted by Crippen LogP contribution is 2.23. The number of carbonyl (C=O) groups is 1. The van der Waals surface area contributed by atoms with Gasteiger partial charge in [0.15, 0.2) is 6.29 Å². The summed E-state index contributed by atoms with van der Waals surface area (Å²) < 4.78 is 11.2. The van der Waals surface area contributed by atoms with Crippen LogP contribution in [0.1, 0.15) is 258 Å². The molecule has 63 heavy (non-hydrogen) atoms. The lowest BCUT2D eigenvalue weighted by molar-refractivity contribution is -0.302. The van der Waals surface area contributed by atoms with Gasteiger partial charge in [0.05, 0.1) is 25.4 Å². The number of hydrogen-bond donors (Lipinski definition) is 6. The number of nitrogens with one attached hydrogen (secondary N) is 1. The van der Waals surface area contributed by atoms with Crippen molar-refractivity contribution in [2.24, 2.45) is 0 Å². The molecule has 1 amide bonds. The van der Waals surface area contributed by atoms with Gasteiger partial charge in [-0.3, -0.25) is 4.79 Å². The molecule has 7 atom stereocenters. The van der Waals surface area contributed by atoms with E-state index in [2.05, 4.69) is 31.3 Å².